The minimum atomic E-state index is -0.152. The van der Waals surface area contributed by atoms with Gasteiger partial charge in [-0.3, -0.25) is 4.79 Å². The van der Waals surface area contributed by atoms with Crippen LogP contribution in [0.3, 0.4) is 0 Å². The van der Waals surface area contributed by atoms with Crippen LogP contribution in [0.25, 0.3) is 0 Å². The van der Waals surface area contributed by atoms with Gasteiger partial charge in [0, 0.05) is 18.0 Å². The molecule has 1 rings (SSSR count). The summed E-state index contributed by atoms with van der Waals surface area (Å²) >= 11 is 1.54. The van der Waals surface area contributed by atoms with Crippen LogP contribution in [-0.2, 0) is 4.79 Å². The van der Waals surface area contributed by atoms with E-state index in [2.05, 4.69) is 5.32 Å². The first-order chi connectivity index (χ1) is 8.52. The fraction of sp³-hybridized carbons (Fsp3) is 0.462. The first-order valence-electron chi connectivity index (χ1n) is 5.91. The SMILES string of the molecule is CC(CO)CSC(C)C(=O)Nc1cccc(N)c1. The van der Waals surface area contributed by atoms with Crippen molar-refractivity contribution in [3.63, 3.8) is 0 Å². The third kappa shape index (κ3) is 4.98. The van der Waals surface area contributed by atoms with Crippen LogP contribution >= 0.6 is 11.8 Å². The monoisotopic (exact) mass is 268 g/mol. The lowest BCUT2D eigenvalue weighted by atomic mass is 10.2. The summed E-state index contributed by atoms with van der Waals surface area (Å²) in [5, 5.41) is 11.6. The topological polar surface area (TPSA) is 75.3 Å². The second kappa shape index (κ2) is 7.28. The Kier molecular flexibility index (Phi) is 6.01. The lowest BCUT2D eigenvalue weighted by Crippen LogP contribution is -2.23. The van der Waals surface area contributed by atoms with Crippen molar-refractivity contribution in [1.82, 2.24) is 0 Å². The molecule has 0 aliphatic carbocycles. The van der Waals surface area contributed by atoms with E-state index >= 15 is 0 Å². The second-order valence-corrected chi connectivity index (χ2v) is 5.75. The lowest BCUT2D eigenvalue weighted by Gasteiger charge is -2.14. The smallest absolute Gasteiger partial charge is 0.237 e. The Balaban J connectivity index is 2.45. The Bertz CT molecular complexity index is 398. The maximum Gasteiger partial charge on any atom is 0.237 e. The quantitative estimate of drug-likeness (QED) is 0.689. The van der Waals surface area contributed by atoms with E-state index in [-0.39, 0.29) is 23.7 Å². The van der Waals surface area contributed by atoms with E-state index in [9.17, 15) is 4.79 Å². The number of nitrogens with one attached hydrogen (secondary N) is 1. The van der Waals surface area contributed by atoms with Crippen molar-refractivity contribution < 1.29 is 9.90 Å². The summed E-state index contributed by atoms with van der Waals surface area (Å²) in [5.74, 6) is 0.926. The van der Waals surface area contributed by atoms with Crippen LogP contribution in [0.4, 0.5) is 11.4 Å². The van der Waals surface area contributed by atoms with Crippen molar-refractivity contribution in [1.29, 1.82) is 0 Å². The van der Waals surface area contributed by atoms with Gasteiger partial charge in [-0.05, 0) is 36.8 Å². The van der Waals surface area contributed by atoms with Crippen LogP contribution < -0.4 is 11.1 Å². The van der Waals surface area contributed by atoms with Crippen LogP contribution in [0.2, 0.25) is 0 Å². The van der Waals surface area contributed by atoms with Crippen molar-refractivity contribution in [2.75, 3.05) is 23.4 Å². The third-order valence-corrected chi connectivity index (χ3v) is 3.94. The van der Waals surface area contributed by atoms with Gasteiger partial charge in [0.15, 0.2) is 0 Å². The number of aliphatic hydroxyl groups is 1. The zero-order valence-electron chi connectivity index (χ0n) is 10.7. The molecule has 4 nitrogen and oxygen atoms in total. The maximum absolute atomic E-state index is 11.9. The number of rotatable bonds is 6. The molecule has 1 aromatic rings. The largest absolute Gasteiger partial charge is 0.399 e. The molecule has 0 saturated heterocycles. The molecule has 0 bridgehead atoms. The minimum Gasteiger partial charge on any atom is -0.399 e. The molecule has 0 aromatic heterocycles. The summed E-state index contributed by atoms with van der Waals surface area (Å²) in [7, 11) is 0. The van der Waals surface area contributed by atoms with E-state index in [0.29, 0.717) is 11.4 Å². The minimum absolute atomic E-state index is 0.0456. The first-order valence-corrected chi connectivity index (χ1v) is 6.96. The van der Waals surface area contributed by atoms with Crippen LogP contribution in [0, 0.1) is 5.92 Å². The van der Waals surface area contributed by atoms with Gasteiger partial charge in [0.1, 0.15) is 0 Å². The first kappa shape index (κ1) is 14.9. The van der Waals surface area contributed by atoms with Gasteiger partial charge in [-0.2, -0.15) is 0 Å². The van der Waals surface area contributed by atoms with Gasteiger partial charge in [0.2, 0.25) is 5.91 Å². The number of benzene rings is 1. The molecule has 0 aliphatic rings. The number of thioether (sulfide) groups is 1. The van der Waals surface area contributed by atoms with Crippen LogP contribution in [-0.4, -0.2) is 28.6 Å². The summed E-state index contributed by atoms with van der Waals surface area (Å²) in [4.78, 5) is 11.9. The number of hydrogen-bond donors (Lipinski definition) is 3. The number of hydrogen-bond acceptors (Lipinski definition) is 4. The Hall–Kier alpha value is -1.20. The summed E-state index contributed by atoms with van der Waals surface area (Å²) in [6.45, 7) is 3.96. The van der Waals surface area contributed by atoms with Crippen molar-refractivity contribution in [2.24, 2.45) is 5.92 Å². The number of nitrogens with two attached hydrogens (primary N) is 1. The molecule has 5 heteroatoms. The number of anilines is 2. The molecule has 0 saturated carbocycles. The summed E-state index contributed by atoms with van der Waals surface area (Å²) in [6, 6.07) is 7.11. The van der Waals surface area contributed by atoms with Crippen molar-refractivity contribution in [3.05, 3.63) is 24.3 Å². The molecule has 2 atom stereocenters. The normalized spacial score (nSPS) is 13.9. The Morgan fingerprint density at radius 1 is 1.50 bits per heavy atom. The second-order valence-electron chi connectivity index (χ2n) is 4.38. The average Bonchev–Trinajstić information content (AvgIpc) is 2.35. The Morgan fingerprint density at radius 3 is 2.83 bits per heavy atom. The molecule has 1 aromatic carbocycles. The number of nitrogen functional groups attached to an aromatic ring is 1. The fourth-order valence-electron chi connectivity index (χ4n) is 1.30. The zero-order valence-corrected chi connectivity index (χ0v) is 11.5. The predicted octanol–water partition coefficient (Wildman–Crippen LogP) is 1.96. The molecular weight excluding hydrogens is 248 g/mol. The summed E-state index contributed by atoms with van der Waals surface area (Å²) in [5.41, 5.74) is 6.98. The molecule has 0 radical (unpaired) electrons. The molecular formula is C13H20N2O2S. The molecule has 0 fully saturated rings. The van der Waals surface area contributed by atoms with E-state index in [4.69, 9.17) is 10.8 Å². The lowest BCUT2D eigenvalue weighted by molar-refractivity contribution is -0.115. The highest BCUT2D eigenvalue weighted by molar-refractivity contribution is 8.00. The van der Waals surface area contributed by atoms with Crippen LogP contribution in [0.1, 0.15) is 13.8 Å². The number of aliphatic hydroxyl groups excluding tert-OH is 1. The van der Waals surface area contributed by atoms with Crippen LogP contribution in [0.5, 0.6) is 0 Å². The van der Waals surface area contributed by atoms with E-state index in [1.807, 2.05) is 19.9 Å². The molecule has 0 heterocycles. The van der Waals surface area contributed by atoms with Crippen molar-refractivity contribution in [2.45, 2.75) is 19.1 Å². The highest BCUT2D eigenvalue weighted by Gasteiger charge is 2.14. The number of carbonyl (C=O) groups excluding carboxylic acids is 1. The number of carbonyl (C=O) groups is 1. The number of amides is 1. The molecule has 4 N–H and O–H groups in total. The van der Waals surface area contributed by atoms with Gasteiger partial charge in [-0.15, -0.1) is 11.8 Å². The summed E-state index contributed by atoms with van der Waals surface area (Å²) < 4.78 is 0. The third-order valence-electron chi connectivity index (χ3n) is 2.47. The highest BCUT2D eigenvalue weighted by atomic mass is 32.2. The molecule has 2 unspecified atom stereocenters. The maximum atomic E-state index is 11.9. The predicted molar refractivity (Wildman–Crippen MR) is 77.7 cm³/mol. The molecule has 100 valence electrons. The van der Waals surface area contributed by atoms with Crippen molar-refractivity contribution >= 4 is 29.0 Å². The van der Waals surface area contributed by atoms with Gasteiger partial charge in [0.25, 0.3) is 0 Å². The Labute approximate surface area is 112 Å². The highest BCUT2D eigenvalue weighted by Crippen LogP contribution is 2.18. The van der Waals surface area contributed by atoms with Gasteiger partial charge in [0.05, 0.1) is 5.25 Å². The molecule has 0 aliphatic heterocycles. The van der Waals surface area contributed by atoms with Gasteiger partial charge >= 0.3 is 0 Å². The Morgan fingerprint density at radius 2 is 2.22 bits per heavy atom. The van der Waals surface area contributed by atoms with Gasteiger partial charge < -0.3 is 16.2 Å². The molecule has 0 spiro atoms. The van der Waals surface area contributed by atoms with Crippen LogP contribution in [0.15, 0.2) is 24.3 Å². The average molecular weight is 268 g/mol. The van der Waals surface area contributed by atoms with E-state index in [1.54, 1.807) is 18.2 Å². The van der Waals surface area contributed by atoms with Gasteiger partial charge in [-0.25, -0.2) is 0 Å². The molecule has 18 heavy (non-hydrogen) atoms. The van der Waals surface area contributed by atoms with Gasteiger partial charge in [-0.1, -0.05) is 13.0 Å². The summed E-state index contributed by atoms with van der Waals surface area (Å²) in [6.07, 6.45) is 0. The zero-order chi connectivity index (χ0) is 13.5. The fourth-order valence-corrected chi connectivity index (χ4v) is 2.23. The standard InChI is InChI=1S/C13H20N2O2S/c1-9(7-16)8-18-10(2)13(17)15-12-5-3-4-11(14)6-12/h3-6,9-10,16H,7-8,14H2,1-2H3,(H,15,17). The van der Waals surface area contributed by atoms with Crippen molar-refractivity contribution in [3.8, 4) is 0 Å². The van der Waals surface area contributed by atoms with E-state index in [1.165, 1.54) is 11.8 Å². The van der Waals surface area contributed by atoms with E-state index < -0.39 is 0 Å². The van der Waals surface area contributed by atoms with E-state index in [0.717, 1.165) is 5.75 Å². The molecule has 1 amide bonds.